The second kappa shape index (κ2) is 6.63. The third kappa shape index (κ3) is 4.58. The summed E-state index contributed by atoms with van der Waals surface area (Å²) in [6.45, 7) is 11.4. The van der Waals surface area contributed by atoms with E-state index in [9.17, 15) is 4.79 Å². The minimum atomic E-state index is 0.0841. The molecule has 0 saturated carbocycles. The number of hydrogen-bond donors (Lipinski definition) is 0. The lowest BCUT2D eigenvalue weighted by Gasteiger charge is -2.34. The Bertz CT molecular complexity index is 465. The first kappa shape index (κ1) is 16.1. The molecule has 0 N–H and O–H groups in total. The Morgan fingerprint density at radius 1 is 1.33 bits per heavy atom. The molecule has 0 bridgehead atoms. The molecule has 1 aliphatic heterocycles. The van der Waals surface area contributed by atoms with Crippen molar-refractivity contribution in [3.63, 3.8) is 0 Å². The first-order valence-electron chi connectivity index (χ1n) is 8.17. The fourth-order valence-electron chi connectivity index (χ4n) is 3.03. The molecule has 0 unspecified atom stereocenters. The van der Waals surface area contributed by atoms with Crippen LogP contribution in [0.1, 0.15) is 52.8 Å². The molecule has 1 amide bonds. The average Bonchev–Trinajstić information content (AvgIpc) is 2.85. The van der Waals surface area contributed by atoms with Gasteiger partial charge in [0.15, 0.2) is 0 Å². The van der Waals surface area contributed by atoms with E-state index in [1.54, 1.807) is 0 Å². The highest BCUT2D eigenvalue weighted by Gasteiger charge is 2.26. The maximum absolute atomic E-state index is 12.2. The van der Waals surface area contributed by atoms with Crippen molar-refractivity contribution in [3.8, 4) is 0 Å². The van der Waals surface area contributed by atoms with Gasteiger partial charge < -0.3 is 9.47 Å². The van der Waals surface area contributed by atoms with Gasteiger partial charge in [-0.25, -0.2) is 4.98 Å². The molecule has 0 spiro atoms. The number of aromatic nitrogens is 2. The molecule has 2 heterocycles. The van der Waals surface area contributed by atoms with Crippen LogP contribution in [0.15, 0.2) is 12.4 Å². The van der Waals surface area contributed by atoms with Crippen molar-refractivity contribution in [1.29, 1.82) is 0 Å². The molecule has 0 aromatic carbocycles. The lowest BCUT2D eigenvalue weighted by atomic mass is 9.90. The third-order valence-electron chi connectivity index (χ3n) is 4.22. The van der Waals surface area contributed by atoms with E-state index in [1.807, 2.05) is 6.20 Å². The third-order valence-corrected chi connectivity index (χ3v) is 4.22. The summed E-state index contributed by atoms with van der Waals surface area (Å²) in [7, 11) is 0. The first-order chi connectivity index (χ1) is 9.89. The quantitative estimate of drug-likeness (QED) is 0.855. The standard InChI is InChI=1S/C17H29N3O/c1-5-15-18-8-11-20(15)13-14-6-9-19(10-7-14)16(21)12-17(2,3)4/h8,11,14H,5-7,9-10,12-13H2,1-4H3. The van der Waals surface area contributed by atoms with E-state index in [2.05, 4.69) is 48.3 Å². The number of carbonyl (C=O) groups is 1. The van der Waals surface area contributed by atoms with Gasteiger partial charge in [0.25, 0.3) is 0 Å². The van der Waals surface area contributed by atoms with E-state index in [1.165, 1.54) is 5.82 Å². The number of aryl methyl sites for hydroxylation is 1. The van der Waals surface area contributed by atoms with Gasteiger partial charge in [-0.05, 0) is 24.2 Å². The van der Waals surface area contributed by atoms with Gasteiger partial charge in [-0.15, -0.1) is 0 Å². The second-order valence-electron chi connectivity index (χ2n) is 7.41. The molecule has 0 radical (unpaired) electrons. The van der Waals surface area contributed by atoms with E-state index < -0.39 is 0 Å². The molecule has 1 fully saturated rings. The lowest BCUT2D eigenvalue weighted by Crippen LogP contribution is -2.40. The zero-order valence-corrected chi connectivity index (χ0v) is 13.9. The molecule has 2 rings (SSSR count). The molecular formula is C17H29N3O. The minimum Gasteiger partial charge on any atom is -0.343 e. The molecule has 1 aromatic heterocycles. The van der Waals surface area contributed by atoms with Crippen LogP contribution in [0.5, 0.6) is 0 Å². The maximum Gasteiger partial charge on any atom is 0.223 e. The summed E-state index contributed by atoms with van der Waals surface area (Å²) in [5, 5.41) is 0. The van der Waals surface area contributed by atoms with Crippen LogP contribution in [-0.4, -0.2) is 33.4 Å². The van der Waals surface area contributed by atoms with Crippen LogP contribution in [-0.2, 0) is 17.8 Å². The Morgan fingerprint density at radius 2 is 2.00 bits per heavy atom. The van der Waals surface area contributed by atoms with E-state index in [4.69, 9.17) is 0 Å². The Morgan fingerprint density at radius 3 is 2.57 bits per heavy atom. The van der Waals surface area contributed by atoms with Gasteiger partial charge in [-0.2, -0.15) is 0 Å². The Hall–Kier alpha value is -1.32. The van der Waals surface area contributed by atoms with Gasteiger partial charge in [0, 0.05) is 44.9 Å². The van der Waals surface area contributed by atoms with Crippen LogP contribution < -0.4 is 0 Å². The smallest absolute Gasteiger partial charge is 0.223 e. The largest absolute Gasteiger partial charge is 0.343 e. The van der Waals surface area contributed by atoms with Crippen LogP contribution in [0.4, 0.5) is 0 Å². The van der Waals surface area contributed by atoms with Gasteiger partial charge in [-0.1, -0.05) is 27.7 Å². The zero-order valence-electron chi connectivity index (χ0n) is 13.9. The molecule has 0 aliphatic carbocycles. The van der Waals surface area contributed by atoms with Crippen LogP contribution in [0.3, 0.4) is 0 Å². The van der Waals surface area contributed by atoms with Gasteiger partial charge in [0.2, 0.25) is 5.91 Å². The Kier molecular flexibility index (Phi) is 5.07. The van der Waals surface area contributed by atoms with Crippen molar-refractivity contribution in [1.82, 2.24) is 14.5 Å². The molecular weight excluding hydrogens is 262 g/mol. The van der Waals surface area contributed by atoms with Gasteiger partial charge in [0.1, 0.15) is 5.82 Å². The molecule has 21 heavy (non-hydrogen) atoms. The zero-order chi connectivity index (χ0) is 15.5. The van der Waals surface area contributed by atoms with Crippen molar-refractivity contribution in [2.24, 2.45) is 11.3 Å². The van der Waals surface area contributed by atoms with Crippen molar-refractivity contribution >= 4 is 5.91 Å². The van der Waals surface area contributed by atoms with Gasteiger partial charge in [0.05, 0.1) is 0 Å². The summed E-state index contributed by atoms with van der Waals surface area (Å²) in [6.07, 6.45) is 7.82. The van der Waals surface area contributed by atoms with Crippen LogP contribution in [0.2, 0.25) is 0 Å². The normalized spacial score (nSPS) is 17.2. The van der Waals surface area contributed by atoms with E-state index in [-0.39, 0.29) is 5.41 Å². The SMILES string of the molecule is CCc1nccn1CC1CCN(C(=O)CC(C)(C)C)CC1. The number of carbonyl (C=O) groups excluding carboxylic acids is 1. The van der Waals surface area contributed by atoms with Gasteiger partial charge >= 0.3 is 0 Å². The predicted octanol–water partition coefficient (Wildman–Crippen LogP) is 3.12. The summed E-state index contributed by atoms with van der Waals surface area (Å²) in [5.74, 6) is 2.15. The first-order valence-corrected chi connectivity index (χ1v) is 8.17. The lowest BCUT2D eigenvalue weighted by molar-refractivity contribution is -0.134. The topological polar surface area (TPSA) is 38.1 Å². The highest BCUT2D eigenvalue weighted by atomic mass is 16.2. The van der Waals surface area contributed by atoms with Crippen molar-refractivity contribution in [2.75, 3.05) is 13.1 Å². The number of likely N-dealkylation sites (tertiary alicyclic amines) is 1. The number of rotatable bonds is 4. The molecule has 1 aromatic rings. The number of piperidine rings is 1. The molecule has 118 valence electrons. The minimum absolute atomic E-state index is 0.0841. The van der Waals surface area contributed by atoms with Crippen molar-refractivity contribution in [3.05, 3.63) is 18.2 Å². The molecule has 1 saturated heterocycles. The fraction of sp³-hybridized carbons (Fsp3) is 0.765. The summed E-state index contributed by atoms with van der Waals surface area (Å²) in [6, 6.07) is 0. The highest BCUT2D eigenvalue weighted by Crippen LogP contribution is 2.24. The van der Waals surface area contributed by atoms with Crippen LogP contribution in [0.25, 0.3) is 0 Å². The number of nitrogens with zero attached hydrogens (tertiary/aromatic N) is 3. The van der Waals surface area contributed by atoms with E-state index in [0.717, 1.165) is 38.9 Å². The predicted molar refractivity (Wildman–Crippen MR) is 85.0 cm³/mol. The molecule has 1 aliphatic rings. The monoisotopic (exact) mass is 291 g/mol. The van der Waals surface area contributed by atoms with Gasteiger partial charge in [-0.3, -0.25) is 4.79 Å². The number of hydrogen-bond acceptors (Lipinski definition) is 2. The molecule has 4 heteroatoms. The summed E-state index contributed by atoms with van der Waals surface area (Å²) >= 11 is 0. The second-order valence-corrected chi connectivity index (χ2v) is 7.41. The molecule has 0 atom stereocenters. The summed E-state index contributed by atoms with van der Waals surface area (Å²) in [5.41, 5.74) is 0.0841. The summed E-state index contributed by atoms with van der Waals surface area (Å²) in [4.78, 5) is 18.7. The number of imidazole rings is 1. The van der Waals surface area contributed by atoms with Crippen molar-refractivity contribution < 1.29 is 4.79 Å². The Balaban J connectivity index is 1.82. The van der Waals surface area contributed by atoms with Crippen molar-refractivity contribution in [2.45, 2.75) is 59.9 Å². The fourth-order valence-corrected chi connectivity index (χ4v) is 3.03. The highest BCUT2D eigenvalue weighted by molar-refractivity contribution is 5.76. The van der Waals surface area contributed by atoms with E-state index in [0.29, 0.717) is 18.2 Å². The van der Waals surface area contributed by atoms with E-state index >= 15 is 0 Å². The van der Waals surface area contributed by atoms with Crippen LogP contribution in [0, 0.1) is 11.3 Å². The molecule has 4 nitrogen and oxygen atoms in total. The van der Waals surface area contributed by atoms with Crippen LogP contribution >= 0.6 is 0 Å². The number of amides is 1. The maximum atomic E-state index is 12.2. The average molecular weight is 291 g/mol. The summed E-state index contributed by atoms with van der Waals surface area (Å²) < 4.78 is 2.28. The Labute approximate surface area is 128 Å².